The third-order valence-electron chi connectivity index (χ3n) is 11.6. The Kier molecular flexibility index (Phi) is 14.2. The summed E-state index contributed by atoms with van der Waals surface area (Å²) in [7, 11) is -2.89. The number of phenols is 2. The fraction of sp³-hybridized carbons (Fsp3) is 0.356. The van der Waals surface area contributed by atoms with E-state index in [4.69, 9.17) is 25.2 Å². The van der Waals surface area contributed by atoms with E-state index in [-0.39, 0.29) is 45.0 Å². The number of anilines is 1. The van der Waals surface area contributed by atoms with Gasteiger partial charge in [0.25, 0.3) is 5.91 Å². The van der Waals surface area contributed by atoms with Crippen molar-refractivity contribution in [2.75, 3.05) is 24.8 Å². The first kappa shape index (κ1) is 51.0. The fourth-order valence-electron chi connectivity index (χ4n) is 8.13. The number of Topliss-reactive ketones (excluding diaryl/α,β-unsaturated/α-hetero) is 1. The van der Waals surface area contributed by atoms with Crippen LogP contribution in [0.4, 0.5) is 23.2 Å². The summed E-state index contributed by atoms with van der Waals surface area (Å²) in [4.78, 5) is 51.7. The third kappa shape index (κ3) is 9.80. The highest BCUT2D eigenvalue weighted by Crippen LogP contribution is 2.52. The summed E-state index contributed by atoms with van der Waals surface area (Å²) < 4.78 is 93.6. The van der Waals surface area contributed by atoms with Crippen LogP contribution in [0.15, 0.2) is 65.6 Å². The van der Waals surface area contributed by atoms with Gasteiger partial charge >= 0.3 is 6.18 Å². The number of benzene rings is 4. The van der Waals surface area contributed by atoms with Gasteiger partial charge in [-0.05, 0) is 62.4 Å². The summed E-state index contributed by atoms with van der Waals surface area (Å²) in [6, 6.07) is 11.0. The molecule has 68 heavy (non-hydrogen) atoms. The molecular formula is C45H43F4N3O15S. The van der Waals surface area contributed by atoms with Crippen LogP contribution in [0.3, 0.4) is 0 Å². The highest BCUT2D eigenvalue weighted by atomic mass is 32.2. The molecule has 1 saturated heterocycles. The topological polar surface area (TPSA) is 313 Å². The number of halogens is 4. The van der Waals surface area contributed by atoms with Crippen LogP contribution in [-0.2, 0) is 41.5 Å². The maximum atomic E-state index is 13.6. The number of amides is 1. The standard InChI is InChI=1S/C27H29NO11.C18H14F4N2O4S/c1-10-22(31)13(28)6-17(38-10)39-15-8-27(36,16(30)9-29)7-12-19(15)26(35)21-20(24(12)33)23(32)11-4-3-5-14(37-2)18(11)25(21)34;1-17(26,10-29(27,28)14-6-3-12(19)4-7-14)16(25)24-13-5-2-11(9-23)15(8-13)18(20,21)22/h3-5,10,13,15,17,22,29,31,33,35-36H,6-9,28H2,1-2H3;2-8,26H,10H2,1H3,(H,24,25)/t10-,13-,15-,17-,22+,27-;/m0./s1. The zero-order valence-corrected chi connectivity index (χ0v) is 36.8. The number of nitrogens with zero attached hydrogens (tertiary/aromatic N) is 1. The molecule has 0 spiro atoms. The Morgan fingerprint density at radius 3 is 2.26 bits per heavy atom. The van der Waals surface area contributed by atoms with Crippen LogP contribution < -0.4 is 15.8 Å². The number of nitrogens with two attached hydrogens (primary N) is 1. The Morgan fingerprint density at radius 1 is 1.03 bits per heavy atom. The minimum atomic E-state index is -4.86. The minimum absolute atomic E-state index is 0.0173. The second-order valence-corrected chi connectivity index (χ2v) is 18.5. The normalized spacial score (nSPS) is 23.1. The predicted molar refractivity (Wildman–Crippen MR) is 226 cm³/mol. The van der Waals surface area contributed by atoms with Gasteiger partial charge < -0.3 is 55.9 Å². The first-order valence-electron chi connectivity index (χ1n) is 20.3. The first-order valence-corrected chi connectivity index (χ1v) is 22.0. The number of aliphatic hydroxyl groups excluding tert-OH is 2. The van der Waals surface area contributed by atoms with Gasteiger partial charge in [-0.3, -0.25) is 19.2 Å². The highest BCUT2D eigenvalue weighted by Gasteiger charge is 2.50. The molecular weight excluding hydrogens is 931 g/mol. The zero-order chi connectivity index (χ0) is 50.4. The van der Waals surface area contributed by atoms with Gasteiger partial charge in [0.05, 0.1) is 70.0 Å². The molecule has 1 aliphatic heterocycles. The number of rotatable bonds is 10. The Bertz CT molecular complexity index is 2840. The Labute approximate surface area is 384 Å². The Hall–Kier alpha value is -6.36. The van der Waals surface area contributed by atoms with Crippen molar-refractivity contribution in [1.82, 2.24) is 0 Å². The monoisotopic (exact) mass is 973 g/mol. The molecule has 18 nitrogen and oxygen atoms in total. The number of methoxy groups -OCH3 is 1. The molecule has 9 N–H and O–H groups in total. The van der Waals surface area contributed by atoms with Crippen molar-refractivity contribution < 1.29 is 90.0 Å². The Morgan fingerprint density at radius 2 is 1.68 bits per heavy atom. The van der Waals surface area contributed by atoms with E-state index in [2.05, 4.69) is 0 Å². The molecule has 0 saturated carbocycles. The number of carbonyl (C=O) groups excluding carboxylic acids is 4. The van der Waals surface area contributed by atoms with E-state index in [1.807, 2.05) is 5.32 Å². The molecule has 1 amide bonds. The summed E-state index contributed by atoms with van der Waals surface area (Å²) in [6.45, 7) is 1.43. The summed E-state index contributed by atoms with van der Waals surface area (Å²) in [5, 5.41) is 74.8. The van der Waals surface area contributed by atoms with E-state index in [0.29, 0.717) is 6.07 Å². The van der Waals surface area contributed by atoms with Gasteiger partial charge in [0, 0.05) is 47.7 Å². The van der Waals surface area contributed by atoms with Crippen LogP contribution >= 0.6 is 0 Å². The molecule has 362 valence electrons. The molecule has 0 bridgehead atoms. The molecule has 0 aromatic heterocycles. The van der Waals surface area contributed by atoms with Gasteiger partial charge in [-0.2, -0.15) is 18.4 Å². The molecule has 4 aromatic rings. The van der Waals surface area contributed by atoms with E-state index in [1.54, 1.807) is 6.92 Å². The lowest BCUT2D eigenvalue weighted by molar-refractivity contribution is -0.247. The maximum Gasteiger partial charge on any atom is 0.417 e. The van der Waals surface area contributed by atoms with Crippen LogP contribution in [0.5, 0.6) is 17.2 Å². The van der Waals surface area contributed by atoms with E-state index < -0.39 is 146 Å². The van der Waals surface area contributed by atoms with Crippen molar-refractivity contribution in [3.8, 4) is 23.3 Å². The van der Waals surface area contributed by atoms with Gasteiger partial charge in [0.2, 0.25) is 5.78 Å². The smallest absolute Gasteiger partial charge is 0.417 e. The SMILES string of the molecule is CC(O)(CS(=O)(=O)c1ccc(F)cc1)C(=O)Nc1ccc(C#N)c(C(F)(F)F)c1.COc1cccc2c1C(=O)c1c(O)c3c(c(O)c1C2=O)C[C@@](O)(C(=O)CO)C[C@@H]3O[C@H]1C[C@H](N)[C@H](O)[C@H](C)O1. The van der Waals surface area contributed by atoms with E-state index in [9.17, 15) is 75.8 Å². The van der Waals surface area contributed by atoms with Gasteiger partial charge in [0.15, 0.2) is 33.3 Å². The molecule has 3 aliphatic rings. The van der Waals surface area contributed by atoms with Crippen molar-refractivity contribution >= 4 is 38.8 Å². The number of nitrogens with one attached hydrogen (secondary N) is 1. The number of phenolic OH excluding ortho intramolecular Hbond substituents is 2. The van der Waals surface area contributed by atoms with Gasteiger partial charge in [-0.25, -0.2) is 12.8 Å². The number of sulfone groups is 1. The Balaban J connectivity index is 0.000000235. The second-order valence-electron chi connectivity index (χ2n) is 16.5. The number of ether oxygens (including phenoxy) is 3. The van der Waals surface area contributed by atoms with Gasteiger partial charge in [-0.1, -0.05) is 12.1 Å². The molecule has 2 aliphatic carbocycles. The highest BCUT2D eigenvalue weighted by molar-refractivity contribution is 7.91. The summed E-state index contributed by atoms with van der Waals surface area (Å²) >= 11 is 0. The fourth-order valence-corrected chi connectivity index (χ4v) is 9.72. The lowest BCUT2D eigenvalue weighted by Crippen LogP contribution is -2.53. The minimum Gasteiger partial charge on any atom is -0.507 e. The van der Waals surface area contributed by atoms with Crippen LogP contribution in [0.25, 0.3) is 0 Å². The van der Waals surface area contributed by atoms with E-state index >= 15 is 0 Å². The van der Waals surface area contributed by atoms with Crippen molar-refractivity contribution in [1.29, 1.82) is 5.26 Å². The van der Waals surface area contributed by atoms with Crippen LogP contribution in [0, 0.1) is 17.1 Å². The maximum absolute atomic E-state index is 13.6. The molecule has 1 fully saturated rings. The summed E-state index contributed by atoms with van der Waals surface area (Å²) in [6.07, 6.45) is -9.98. The largest absolute Gasteiger partial charge is 0.507 e. The number of alkyl halides is 3. The number of carbonyl (C=O) groups is 4. The molecule has 4 aromatic carbocycles. The first-order chi connectivity index (χ1) is 31.7. The molecule has 1 unspecified atom stereocenters. The lowest BCUT2D eigenvalue weighted by atomic mass is 9.72. The molecule has 7 rings (SSSR count). The quantitative estimate of drug-likeness (QED) is 0.0567. The lowest BCUT2D eigenvalue weighted by Gasteiger charge is -2.42. The number of hydrogen-bond donors (Lipinski definition) is 8. The van der Waals surface area contributed by atoms with E-state index in [0.717, 1.165) is 43.3 Å². The molecule has 23 heteroatoms. The summed E-state index contributed by atoms with van der Waals surface area (Å²) in [5.74, 6) is -6.83. The number of fused-ring (bicyclic) bond motifs is 3. The van der Waals surface area contributed by atoms with E-state index in [1.165, 1.54) is 31.4 Å². The predicted octanol–water partition coefficient (Wildman–Crippen LogP) is 2.88. The van der Waals surface area contributed by atoms with Crippen LogP contribution in [0.1, 0.15) is 86.9 Å². The van der Waals surface area contributed by atoms with Crippen molar-refractivity contribution in [3.63, 3.8) is 0 Å². The molecule has 1 heterocycles. The van der Waals surface area contributed by atoms with Gasteiger partial charge in [-0.15, -0.1) is 0 Å². The number of aromatic hydroxyl groups is 2. The number of nitriles is 1. The zero-order valence-electron chi connectivity index (χ0n) is 36.0. The molecule has 7 atom stereocenters. The number of aliphatic hydroxyl groups is 4. The summed E-state index contributed by atoms with van der Waals surface area (Å²) in [5.41, 5.74) is -2.49. The van der Waals surface area contributed by atoms with Crippen molar-refractivity contribution in [3.05, 3.63) is 111 Å². The number of ketones is 3. The van der Waals surface area contributed by atoms with Crippen LogP contribution in [0.2, 0.25) is 0 Å². The second kappa shape index (κ2) is 19.0. The van der Waals surface area contributed by atoms with Gasteiger partial charge in [0.1, 0.15) is 35.3 Å². The number of hydrogen-bond acceptors (Lipinski definition) is 17. The third-order valence-corrected chi connectivity index (χ3v) is 13.6. The van der Waals surface area contributed by atoms with Crippen LogP contribution in [-0.4, -0.2) is 118 Å². The van der Waals surface area contributed by atoms with Crippen molar-refractivity contribution in [2.45, 2.75) is 86.0 Å². The molecule has 0 radical (unpaired) electrons. The van der Waals surface area contributed by atoms with Crippen molar-refractivity contribution in [2.24, 2.45) is 5.73 Å². The average Bonchev–Trinajstić information content (AvgIpc) is 3.27. The average molecular weight is 974 g/mol.